The molecule has 2 N–H and O–H groups in total. The largest absolute Gasteiger partial charge is 0.419 e. The van der Waals surface area contributed by atoms with Crippen LogP contribution in [0.25, 0.3) is 17.0 Å². The number of allylic oxidation sites excluding steroid dienone is 1. The molecule has 0 spiro atoms. The number of rotatable bonds is 6. The van der Waals surface area contributed by atoms with Crippen molar-refractivity contribution >= 4 is 11.6 Å². The molecule has 0 atom stereocenters. The first-order chi connectivity index (χ1) is 13.8. The highest BCUT2D eigenvalue weighted by molar-refractivity contribution is 5.75. The van der Waals surface area contributed by atoms with E-state index in [1.165, 1.54) is 6.07 Å². The van der Waals surface area contributed by atoms with Gasteiger partial charge in [0.1, 0.15) is 5.82 Å². The van der Waals surface area contributed by atoms with E-state index in [1.54, 1.807) is 18.2 Å². The van der Waals surface area contributed by atoms with Crippen molar-refractivity contribution in [2.75, 3.05) is 0 Å². The Morgan fingerprint density at radius 1 is 1.17 bits per heavy atom. The normalized spacial score (nSPS) is 11.2. The van der Waals surface area contributed by atoms with Crippen LogP contribution in [0.4, 0.5) is 9.18 Å². The van der Waals surface area contributed by atoms with Gasteiger partial charge >= 0.3 is 6.03 Å². The van der Waals surface area contributed by atoms with Crippen molar-refractivity contribution in [1.82, 2.24) is 20.8 Å². The molecular formula is C22H23FN4O2. The Kier molecular flexibility index (Phi) is 5.77. The summed E-state index contributed by atoms with van der Waals surface area (Å²) in [4.78, 5) is 12.4. The molecule has 2 amide bonds. The standard InChI is InChI=1S/C22H23FN4O2/c1-14(2)15-8-7-9-16(12-15)22(3,4)25-21(28)24-13-19-26-27-20(29-19)17-10-5-6-11-18(17)23/h5-12H,1,13H2,2-4H3,(H2,24,25,28). The summed E-state index contributed by atoms with van der Waals surface area (Å²) in [6, 6.07) is 13.6. The monoisotopic (exact) mass is 394 g/mol. The molecule has 1 aromatic heterocycles. The van der Waals surface area contributed by atoms with Crippen molar-refractivity contribution in [2.45, 2.75) is 32.9 Å². The highest BCUT2D eigenvalue weighted by atomic mass is 19.1. The molecule has 3 rings (SSSR count). The van der Waals surface area contributed by atoms with Crippen molar-refractivity contribution < 1.29 is 13.6 Å². The summed E-state index contributed by atoms with van der Waals surface area (Å²) in [7, 11) is 0. The third-order valence-corrected chi connectivity index (χ3v) is 4.47. The number of aromatic nitrogens is 2. The van der Waals surface area contributed by atoms with Crippen LogP contribution in [0.1, 0.15) is 37.8 Å². The van der Waals surface area contributed by atoms with Crippen molar-refractivity contribution in [3.8, 4) is 11.5 Å². The fourth-order valence-electron chi connectivity index (χ4n) is 2.80. The second-order valence-electron chi connectivity index (χ2n) is 7.27. The van der Waals surface area contributed by atoms with Crippen LogP contribution in [0.2, 0.25) is 0 Å². The SMILES string of the molecule is C=C(C)c1cccc(C(C)(C)NC(=O)NCc2nnc(-c3ccccc3F)o2)c1. The van der Waals surface area contributed by atoms with Crippen LogP contribution in [-0.2, 0) is 12.1 Å². The first-order valence-electron chi connectivity index (χ1n) is 9.16. The maximum absolute atomic E-state index is 13.8. The van der Waals surface area contributed by atoms with Crippen LogP contribution in [0.15, 0.2) is 59.5 Å². The Morgan fingerprint density at radius 3 is 2.66 bits per heavy atom. The lowest BCUT2D eigenvalue weighted by molar-refractivity contribution is 0.228. The lowest BCUT2D eigenvalue weighted by Crippen LogP contribution is -2.46. The van der Waals surface area contributed by atoms with E-state index in [4.69, 9.17) is 4.42 Å². The van der Waals surface area contributed by atoms with Crippen LogP contribution in [-0.4, -0.2) is 16.2 Å². The van der Waals surface area contributed by atoms with Gasteiger partial charge in [-0.15, -0.1) is 10.2 Å². The van der Waals surface area contributed by atoms with Gasteiger partial charge in [0, 0.05) is 0 Å². The van der Waals surface area contributed by atoms with Crippen LogP contribution in [0.3, 0.4) is 0 Å². The highest BCUT2D eigenvalue weighted by Crippen LogP contribution is 2.24. The quantitative estimate of drug-likeness (QED) is 0.638. The van der Waals surface area contributed by atoms with E-state index in [0.29, 0.717) is 0 Å². The molecule has 29 heavy (non-hydrogen) atoms. The van der Waals surface area contributed by atoms with E-state index in [9.17, 15) is 9.18 Å². The Morgan fingerprint density at radius 2 is 1.93 bits per heavy atom. The number of carbonyl (C=O) groups excluding carboxylic acids is 1. The topological polar surface area (TPSA) is 80.0 Å². The predicted octanol–water partition coefficient (Wildman–Crippen LogP) is 4.64. The lowest BCUT2D eigenvalue weighted by Gasteiger charge is -2.27. The Hall–Kier alpha value is -3.48. The van der Waals surface area contributed by atoms with Gasteiger partial charge in [-0.25, -0.2) is 9.18 Å². The summed E-state index contributed by atoms with van der Waals surface area (Å²) in [5.41, 5.74) is 2.53. The number of hydrogen-bond donors (Lipinski definition) is 2. The second-order valence-corrected chi connectivity index (χ2v) is 7.27. The predicted molar refractivity (Wildman–Crippen MR) is 109 cm³/mol. The molecule has 0 saturated carbocycles. The Balaban J connectivity index is 1.62. The summed E-state index contributed by atoms with van der Waals surface area (Å²) < 4.78 is 19.3. The molecular weight excluding hydrogens is 371 g/mol. The zero-order chi connectivity index (χ0) is 21.0. The summed E-state index contributed by atoms with van der Waals surface area (Å²) in [5.74, 6) is -0.204. The fraction of sp³-hybridized carbons (Fsp3) is 0.227. The molecule has 7 heteroatoms. The number of nitrogens with one attached hydrogen (secondary N) is 2. The van der Waals surface area contributed by atoms with Crippen LogP contribution < -0.4 is 10.6 Å². The molecule has 0 unspecified atom stereocenters. The van der Waals surface area contributed by atoms with Gasteiger partial charge in [-0.1, -0.05) is 42.5 Å². The van der Waals surface area contributed by atoms with E-state index < -0.39 is 11.4 Å². The van der Waals surface area contributed by atoms with E-state index in [1.807, 2.05) is 45.0 Å². The van der Waals surface area contributed by atoms with E-state index in [2.05, 4.69) is 27.4 Å². The van der Waals surface area contributed by atoms with Crippen molar-refractivity contribution in [1.29, 1.82) is 0 Å². The molecule has 0 aliphatic heterocycles. The van der Waals surface area contributed by atoms with E-state index in [-0.39, 0.29) is 29.9 Å². The van der Waals surface area contributed by atoms with Gasteiger partial charge < -0.3 is 15.1 Å². The fourth-order valence-corrected chi connectivity index (χ4v) is 2.80. The first-order valence-corrected chi connectivity index (χ1v) is 9.16. The summed E-state index contributed by atoms with van der Waals surface area (Å²) >= 11 is 0. The number of carbonyl (C=O) groups is 1. The molecule has 0 saturated heterocycles. The molecule has 2 aromatic carbocycles. The van der Waals surface area contributed by atoms with Gasteiger partial charge in [0.05, 0.1) is 17.6 Å². The van der Waals surface area contributed by atoms with Crippen molar-refractivity contribution in [3.63, 3.8) is 0 Å². The van der Waals surface area contributed by atoms with Crippen LogP contribution in [0, 0.1) is 5.82 Å². The zero-order valence-corrected chi connectivity index (χ0v) is 16.6. The molecule has 3 aromatic rings. The number of nitrogens with zero attached hydrogens (tertiary/aromatic N) is 2. The number of halogens is 1. The van der Waals surface area contributed by atoms with Gasteiger partial charge in [-0.2, -0.15) is 0 Å². The molecule has 0 aliphatic carbocycles. The smallest absolute Gasteiger partial charge is 0.315 e. The number of amides is 2. The summed E-state index contributed by atoms with van der Waals surface area (Å²) in [6.07, 6.45) is 0. The molecule has 1 heterocycles. The minimum atomic E-state index is -0.608. The van der Waals surface area contributed by atoms with Gasteiger partial charge in [-0.05, 0) is 50.1 Å². The van der Waals surface area contributed by atoms with Gasteiger partial charge in [-0.3, -0.25) is 0 Å². The Bertz CT molecular complexity index is 1040. The molecule has 0 aliphatic rings. The minimum absolute atomic E-state index is 0.0230. The third kappa shape index (κ3) is 4.87. The first kappa shape index (κ1) is 20.3. The van der Waals surface area contributed by atoms with E-state index >= 15 is 0 Å². The highest BCUT2D eigenvalue weighted by Gasteiger charge is 2.23. The summed E-state index contributed by atoms with van der Waals surface area (Å²) in [6.45, 7) is 9.73. The molecule has 0 bridgehead atoms. The maximum Gasteiger partial charge on any atom is 0.315 e. The second kappa shape index (κ2) is 8.26. The van der Waals surface area contributed by atoms with Gasteiger partial charge in [0.15, 0.2) is 0 Å². The molecule has 0 radical (unpaired) electrons. The van der Waals surface area contributed by atoms with Crippen LogP contribution in [0.5, 0.6) is 0 Å². The molecule has 6 nitrogen and oxygen atoms in total. The van der Waals surface area contributed by atoms with Gasteiger partial charge in [0.2, 0.25) is 5.89 Å². The molecule has 0 fully saturated rings. The zero-order valence-electron chi connectivity index (χ0n) is 16.6. The number of urea groups is 1. The average Bonchev–Trinajstić information content (AvgIpc) is 3.15. The van der Waals surface area contributed by atoms with E-state index in [0.717, 1.165) is 16.7 Å². The number of hydrogen-bond acceptors (Lipinski definition) is 4. The Labute approximate surface area is 168 Å². The maximum atomic E-state index is 13.8. The number of benzene rings is 2. The van der Waals surface area contributed by atoms with Crippen LogP contribution >= 0.6 is 0 Å². The average molecular weight is 394 g/mol. The summed E-state index contributed by atoms with van der Waals surface area (Å²) in [5, 5.41) is 13.3. The van der Waals surface area contributed by atoms with Crippen molar-refractivity contribution in [3.05, 3.63) is 77.9 Å². The van der Waals surface area contributed by atoms with Gasteiger partial charge in [0.25, 0.3) is 5.89 Å². The minimum Gasteiger partial charge on any atom is -0.419 e. The lowest BCUT2D eigenvalue weighted by atomic mass is 9.92. The molecule has 150 valence electrons. The third-order valence-electron chi connectivity index (χ3n) is 4.47. The van der Waals surface area contributed by atoms with Crippen molar-refractivity contribution in [2.24, 2.45) is 0 Å².